The van der Waals surface area contributed by atoms with Gasteiger partial charge in [0.2, 0.25) is 0 Å². The Morgan fingerprint density at radius 2 is 1.96 bits per heavy atom. The van der Waals surface area contributed by atoms with Gasteiger partial charge in [-0.15, -0.1) is 0 Å². The highest BCUT2D eigenvalue weighted by Crippen LogP contribution is 2.34. The Kier molecular flexibility index (Phi) is 3.98. The van der Waals surface area contributed by atoms with Crippen molar-refractivity contribution in [2.75, 3.05) is 11.9 Å². The molecule has 1 aromatic carbocycles. The monoisotopic (exact) mass is 338 g/mol. The number of anilines is 1. The number of fused-ring (bicyclic) bond motifs is 1. The van der Waals surface area contributed by atoms with Gasteiger partial charge in [0, 0.05) is 35.1 Å². The first kappa shape index (κ1) is 15.2. The van der Waals surface area contributed by atoms with Gasteiger partial charge in [0.1, 0.15) is 5.82 Å². The van der Waals surface area contributed by atoms with Crippen molar-refractivity contribution in [2.24, 2.45) is 0 Å². The lowest BCUT2D eigenvalue weighted by molar-refractivity contribution is 0.779. The van der Waals surface area contributed by atoms with Crippen molar-refractivity contribution < 1.29 is 0 Å². The minimum Gasteiger partial charge on any atom is -0.370 e. The predicted octanol–water partition coefficient (Wildman–Crippen LogP) is 4.64. The molecule has 0 radical (unpaired) electrons. The Labute approximate surface area is 146 Å². The van der Waals surface area contributed by atoms with Crippen LogP contribution in [-0.2, 0) is 6.42 Å². The quantitative estimate of drug-likeness (QED) is 0.740. The molecule has 2 aromatic heterocycles. The smallest absolute Gasteiger partial charge is 0.133 e. The number of benzene rings is 1. The minimum atomic E-state index is 0.747. The van der Waals surface area contributed by atoms with Gasteiger partial charge < -0.3 is 5.32 Å². The second-order valence-corrected chi connectivity index (χ2v) is 6.57. The lowest BCUT2D eigenvalue weighted by Crippen LogP contribution is -2.08. The molecule has 4 rings (SSSR count). The molecule has 122 valence electrons. The van der Waals surface area contributed by atoms with Gasteiger partial charge in [0.05, 0.1) is 11.4 Å². The molecule has 3 aromatic rings. The summed E-state index contributed by atoms with van der Waals surface area (Å²) in [7, 11) is 0. The van der Waals surface area contributed by atoms with Crippen molar-refractivity contribution >= 4 is 17.4 Å². The van der Waals surface area contributed by atoms with E-state index in [-0.39, 0.29) is 0 Å². The molecule has 0 amide bonds. The van der Waals surface area contributed by atoms with E-state index < -0.39 is 0 Å². The van der Waals surface area contributed by atoms with Gasteiger partial charge in [-0.25, -0.2) is 4.68 Å². The van der Waals surface area contributed by atoms with Crippen molar-refractivity contribution in [2.45, 2.75) is 26.2 Å². The Morgan fingerprint density at radius 1 is 1.12 bits per heavy atom. The molecule has 0 bridgehead atoms. The lowest BCUT2D eigenvalue weighted by atomic mass is 10.0. The van der Waals surface area contributed by atoms with Crippen LogP contribution in [0.3, 0.4) is 0 Å². The molecule has 0 fully saturated rings. The van der Waals surface area contributed by atoms with Crippen LogP contribution in [-0.4, -0.2) is 21.3 Å². The van der Waals surface area contributed by atoms with Gasteiger partial charge in [-0.3, -0.25) is 4.98 Å². The number of hydrogen-bond acceptors (Lipinski definition) is 3. The molecule has 0 atom stereocenters. The van der Waals surface area contributed by atoms with Crippen LogP contribution in [0.5, 0.6) is 0 Å². The second-order valence-electron chi connectivity index (χ2n) is 6.14. The van der Waals surface area contributed by atoms with E-state index in [4.69, 9.17) is 16.7 Å². The largest absolute Gasteiger partial charge is 0.370 e. The van der Waals surface area contributed by atoms with Crippen molar-refractivity contribution in [3.8, 4) is 16.9 Å². The summed E-state index contributed by atoms with van der Waals surface area (Å²) >= 11 is 6.12. The number of aryl methyl sites for hydroxylation is 1. The molecule has 0 unspecified atom stereocenters. The third-order valence-corrected chi connectivity index (χ3v) is 4.71. The summed E-state index contributed by atoms with van der Waals surface area (Å²) in [6.07, 6.45) is 7.01. The van der Waals surface area contributed by atoms with Gasteiger partial charge >= 0.3 is 0 Å². The number of nitrogens with one attached hydrogen (secondary N) is 1. The van der Waals surface area contributed by atoms with Crippen LogP contribution in [0.2, 0.25) is 5.02 Å². The van der Waals surface area contributed by atoms with E-state index >= 15 is 0 Å². The Bertz CT molecular complexity index is 871. The average Bonchev–Trinajstić information content (AvgIpc) is 2.78. The Hall–Kier alpha value is -2.33. The van der Waals surface area contributed by atoms with E-state index in [9.17, 15) is 0 Å². The van der Waals surface area contributed by atoms with Crippen LogP contribution >= 0.6 is 11.6 Å². The molecule has 1 aliphatic rings. The van der Waals surface area contributed by atoms with Gasteiger partial charge in [0.15, 0.2) is 0 Å². The standard InChI is InChI=1S/C19H19ClN4/c1-13-12-15(20)5-6-17(13)24-19-16(4-2-3-9-22-19)18(23-24)14-7-10-21-11-8-14/h5-8,10-12,22H,2-4,9H2,1H3. The summed E-state index contributed by atoms with van der Waals surface area (Å²) in [5.74, 6) is 1.10. The van der Waals surface area contributed by atoms with Crippen LogP contribution < -0.4 is 5.32 Å². The topological polar surface area (TPSA) is 42.7 Å². The molecule has 0 aliphatic carbocycles. The summed E-state index contributed by atoms with van der Waals surface area (Å²) in [5.41, 5.74) is 5.60. The van der Waals surface area contributed by atoms with E-state index in [1.54, 1.807) is 0 Å². The van der Waals surface area contributed by atoms with Crippen LogP contribution in [0.4, 0.5) is 5.82 Å². The molecular formula is C19H19ClN4. The summed E-state index contributed by atoms with van der Waals surface area (Å²) in [6.45, 7) is 3.04. The van der Waals surface area contributed by atoms with Crippen molar-refractivity contribution in [3.63, 3.8) is 0 Å². The Morgan fingerprint density at radius 3 is 2.75 bits per heavy atom. The fraction of sp³-hybridized carbons (Fsp3) is 0.263. The van der Waals surface area contributed by atoms with Gasteiger partial charge in [-0.1, -0.05) is 11.6 Å². The third-order valence-electron chi connectivity index (χ3n) is 4.47. The fourth-order valence-corrected chi connectivity index (χ4v) is 3.50. The summed E-state index contributed by atoms with van der Waals surface area (Å²) < 4.78 is 2.03. The first-order valence-corrected chi connectivity index (χ1v) is 8.64. The molecule has 1 aliphatic heterocycles. The first-order chi connectivity index (χ1) is 11.7. The maximum absolute atomic E-state index is 6.12. The van der Waals surface area contributed by atoms with Gasteiger partial charge in [0.25, 0.3) is 0 Å². The Balaban J connectivity index is 1.93. The van der Waals surface area contributed by atoms with Crippen LogP contribution in [0.25, 0.3) is 16.9 Å². The first-order valence-electron chi connectivity index (χ1n) is 8.27. The number of nitrogens with zero attached hydrogens (tertiary/aromatic N) is 3. The zero-order chi connectivity index (χ0) is 16.5. The maximum atomic E-state index is 6.12. The van der Waals surface area contributed by atoms with E-state index in [1.165, 1.54) is 18.4 Å². The number of rotatable bonds is 2. The van der Waals surface area contributed by atoms with Crippen molar-refractivity contribution in [3.05, 3.63) is 58.9 Å². The number of hydrogen-bond donors (Lipinski definition) is 1. The number of pyridine rings is 1. The van der Waals surface area contributed by atoms with Crippen molar-refractivity contribution in [1.29, 1.82) is 0 Å². The lowest BCUT2D eigenvalue weighted by Gasteiger charge is -2.11. The molecule has 5 heteroatoms. The van der Waals surface area contributed by atoms with Gasteiger partial charge in [-0.2, -0.15) is 5.10 Å². The van der Waals surface area contributed by atoms with E-state index in [1.807, 2.05) is 47.4 Å². The highest BCUT2D eigenvalue weighted by molar-refractivity contribution is 6.30. The molecule has 1 N–H and O–H groups in total. The SMILES string of the molecule is Cc1cc(Cl)ccc1-n1nc(-c2ccncc2)c2c1NCCCC2. The molecule has 4 nitrogen and oxygen atoms in total. The highest BCUT2D eigenvalue weighted by atomic mass is 35.5. The molecule has 0 saturated heterocycles. The fourth-order valence-electron chi connectivity index (χ4n) is 3.27. The molecule has 0 spiro atoms. The van der Waals surface area contributed by atoms with E-state index in [0.29, 0.717) is 0 Å². The zero-order valence-electron chi connectivity index (χ0n) is 13.6. The molecule has 3 heterocycles. The number of aromatic nitrogens is 3. The maximum Gasteiger partial charge on any atom is 0.133 e. The van der Waals surface area contributed by atoms with Crippen LogP contribution in [0.15, 0.2) is 42.7 Å². The normalized spacial score (nSPS) is 13.9. The van der Waals surface area contributed by atoms with Crippen LogP contribution in [0, 0.1) is 6.92 Å². The summed E-state index contributed by atoms with van der Waals surface area (Å²) in [5, 5.41) is 9.27. The summed E-state index contributed by atoms with van der Waals surface area (Å²) in [6, 6.07) is 9.97. The van der Waals surface area contributed by atoms with E-state index in [0.717, 1.165) is 46.3 Å². The molecule has 24 heavy (non-hydrogen) atoms. The van der Waals surface area contributed by atoms with Crippen molar-refractivity contribution in [1.82, 2.24) is 14.8 Å². The van der Waals surface area contributed by atoms with E-state index in [2.05, 4.69) is 17.2 Å². The third kappa shape index (κ3) is 2.67. The predicted molar refractivity (Wildman–Crippen MR) is 98.0 cm³/mol. The molecule has 0 saturated carbocycles. The minimum absolute atomic E-state index is 0.747. The zero-order valence-corrected chi connectivity index (χ0v) is 14.3. The van der Waals surface area contributed by atoms with Gasteiger partial charge in [-0.05, 0) is 62.1 Å². The average molecular weight is 339 g/mol. The summed E-state index contributed by atoms with van der Waals surface area (Å²) in [4.78, 5) is 4.13. The number of halogens is 1. The van der Waals surface area contributed by atoms with Crippen LogP contribution in [0.1, 0.15) is 24.0 Å². The molecular weight excluding hydrogens is 320 g/mol. The second kappa shape index (κ2) is 6.29. The highest BCUT2D eigenvalue weighted by Gasteiger charge is 2.22.